The van der Waals surface area contributed by atoms with E-state index in [1.54, 1.807) is 0 Å². The Morgan fingerprint density at radius 2 is 1.95 bits per heavy atom. The third kappa shape index (κ3) is 5.13. The molecule has 5 heteroatoms. The van der Waals surface area contributed by atoms with E-state index in [0.29, 0.717) is 5.02 Å². The Morgan fingerprint density at radius 3 is 2.53 bits per heavy atom. The van der Waals surface area contributed by atoms with Crippen molar-refractivity contribution in [1.29, 1.82) is 0 Å². The Hall–Kier alpha value is 0.01000. The van der Waals surface area contributed by atoms with Gasteiger partial charge in [-0.3, -0.25) is 4.90 Å². The third-order valence-electron chi connectivity index (χ3n) is 3.61. The van der Waals surface area contributed by atoms with Crippen LogP contribution in [0.3, 0.4) is 0 Å². The summed E-state index contributed by atoms with van der Waals surface area (Å²) in [6.45, 7) is 4.38. The molecule has 2 nitrogen and oxygen atoms in total. The van der Waals surface area contributed by atoms with Crippen molar-refractivity contribution >= 4 is 35.6 Å². The lowest BCUT2D eigenvalue weighted by Crippen LogP contribution is -2.36. The van der Waals surface area contributed by atoms with Gasteiger partial charge in [0.05, 0.1) is 0 Å². The van der Waals surface area contributed by atoms with Crippen LogP contribution in [0.5, 0.6) is 0 Å². The molecule has 0 aliphatic carbocycles. The Balaban J connectivity index is 0.00000180. The van der Waals surface area contributed by atoms with Gasteiger partial charge in [-0.2, -0.15) is 0 Å². The Kier molecular flexibility index (Phi) is 7.48. The Morgan fingerprint density at radius 1 is 1.26 bits per heavy atom. The van der Waals surface area contributed by atoms with Crippen molar-refractivity contribution in [3.05, 3.63) is 33.8 Å². The summed E-state index contributed by atoms with van der Waals surface area (Å²) in [6, 6.07) is 5.77. The molecule has 0 aromatic heterocycles. The highest BCUT2D eigenvalue weighted by molar-refractivity contribution is 6.35. The van der Waals surface area contributed by atoms with E-state index in [0.717, 1.165) is 37.1 Å². The first-order valence-corrected chi connectivity index (χ1v) is 7.25. The van der Waals surface area contributed by atoms with Crippen LogP contribution < -0.4 is 5.32 Å². The first-order chi connectivity index (χ1) is 8.69. The average molecular weight is 324 g/mol. The molecule has 0 atom stereocenters. The van der Waals surface area contributed by atoms with Crippen LogP contribution in [0.4, 0.5) is 0 Å². The van der Waals surface area contributed by atoms with E-state index in [2.05, 4.69) is 10.2 Å². The predicted molar refractivity (Wildman–Crippen MR) is 85.6 cm³/mol. The fourth-order valence-electron chi connectivity index (χ4n) is 2.53. The number of hydrogen-bond acceptors (Lipinski definition) is 2. The van der Waals surface area contributed by atoms with Crippen molar-refractivity contribution in [2.45, 2.75) is 19.4 Å². The quantitative estimate of drug-likeness (QED) is 0.905. The summed E-state index contributed by atoms with van der Waals surface area (Å²) in [4.78, 5) is 2.47. The summed E-state index contributed by atoms with van der Waals surface area (Å²) >= 11 is 12.1. The molecule has 1 aromatic carbocycles. The van der Waals surface area contributed by atoms with E-state index in [4.69, 9.17) is 23.2 Å². The minimum atomic E-state index is 0. The van der Waals surface area contributed by atoms with Gasteiger partial charge in [0, 0.05) is 16.6 Å². The lowest BCUT2D eigenvalue weighted by Gasteiger charge is -2.32. The van der Waals surface area contributed by atoms with Gasteiger partial charge in [-0.05, 0) is 63.1 Å². The normalized spacial score (nSPS) is 17.2. The van der Waals surface area contributed by atoms with Crippen molar-refractivity contribution < 1.29 is 0 Å². The van der Waals surface area contributed by atoms with Gasteiger partial charge in [-0.1, -0.05) is 29.3 Å². The van der Waals surface area contributed by atoms with Crippen molar-refractivity contribution in [3.63, 3.8) is 0 Å². The van der Waals surface area contributed by atoms with Crippen LogP contribution >= 0.6 is 35.6 Å². The van der Waals surface area contributed by atoms with Crippen molar-refractivity contribution in [2.24, 2.45) is 5.92 Å². The molecular formula is C14H21Cl3N2. The molecule has 1 N–H and O–H groups in total. The number of nitrogens with one attached hydrogen (secondary N) is 1. The molecule has 1 saturated heterocycles. The van der Waals surface area contributed by atoms with E-state index in [1.807, 2.05) is 25.2 Å². The maximum atomic E-state index is 6.21. The summed E-state index contributed by atoms with van der Waals surface area (Å²) < 4.78 is 0. The molecule has 1 fully saturated rings. The monoisotopic (exact) mass is 322 g/mol. The van der Waals surface area contributed by atoms with E-state index in [1.165, 1.54) is 18.4 Å². The Bertz CT molecular complexity index is 390. The number of likely N-dealkylation sites (tertiary alicyclic amines) is 1. The van der Waals surface area contributed by atoms with Gasteiger partial charge < -0.3 is 5.32 Å². The van der Waals surface area contributed by atoms with E-state index < -0.39 is 0 Å². The first kappa shape index (κ1) is 17.1. The molecule has 19 heavy (non-hydrogen) atoms. The van der Waals surface area contributed by atoms with Gasteiger partial charge >= 0.3 is 0 Å². The standard InChI is InChI=1S/C14H20Cl2N2.ClH/c1-17-9-11-4-6-18(7-5-11)10-12-2-3-13(15)8-14(12)16;/h2-3,8,11,17H,4-7,9-10H2,1H3;1H. The molecule has 1 aliphatic rings. The van der Waals surface area contributed by atoms with E-state index in [9.17, 15) is 0 Å². The molecule has 108 valence electrons. The zero-order chi connectivity index (χ0) is 13.0. The lowest BCUT2D eigenvalue weighted by molar-refractivity contribution is 0.177. The minimum absolute atomic E-state index is 0. The van der Waals surface area contributed by atoms with Crippen LogP contribution in [0.1, 0.15) is 18.4 Å². The Labute approximate surface area is 131 Å². The molecule has 1 aromatic rings. The minimum Gasteiger partial charge on any atom is -0.319 e. The average Bonchev–Trinajstić information content (AvgIpc) is 2.35. The second-order valence-electron chi connectivity index (χ2n) is 5.01. The van der Waals surface area contributed by atoms with Gasteiger partial charge in [0.1, 0.15) is 0 Å². The molecule has 0 bridgehead atoms. The summed E-state index contributed by atoms with van der Waals surface area (Å²) in [6.07, 6.45) is 2.54. The van der Waals surface area contributed by atoms with Crippen LogP contribution in [0.25, 0.3) is 0 Å². The highest BCUT2D eigenvalue weighted by Gasteiger charge is 2.19. The number of benzene rings is 1. The largest absolute Gasteiger partial charge is 0.319 e. The van der Waals surface area contributed by atoms with Crippen LogP contribution in [0.2, 0.25) is 10.0 Å². The molecule has 0 saturated carbocycles. The highest BCUT2D eigenvalue weighted by atomic mass is 35.5. The summed E-state index contributed by atoms with van der Waals surface area (Å²) in [5.41, 5.74) is 1.17. The molecule has 2 rings (SSSR count). The lowest BCUT2D eigenvalue weighted by atomic mass is 9.96. The second kappa shape index (κ2) is 8.33. The molecule has 0 unspecified atom stereocenters. The van der Waals surface area contributed by atoms with Crippen molar-refractivity contribution in [2.75, 3.05) is 26.7 Å². The van der Waals surface area contributed by atoms with Crippen molar-refractivity contribution in [1.82, 2.24) is 10.2 Å². The maximum Gasteiger partial charge on any atom is 0.0465 e. The zero-order valence-corrected chi connectivity index (χ0v) is 13.5. The summed E-state index contributed by atoms with van der Waals surface area (Å²) in [7, 11) is 2.03. The van der Waals surface area contributed by atoms with Gasteiger partial charge in [0.25, 0.3) is 0 Å². The van der Waals surface area contributed by atoms with Crippen LogP contribution in [0, 0.1) is 5.92 Å². The maximum absolute atomic E-state index is 6.21. The van der Waals surface area contributed by atoms with Gasteiger partial charge in [0.2, 0.25) is 0 Å². The van der Waals surface area contributed by atoms with Gasteiger partial charge in [-0.15, -0.1) is 12.4 Å². The van der Waals surface area contributed by atoms with Crippen molar-refractivity contribution in [3.8, 4) is 0 Å². The molecule has 0 amide bonds. The molecule has 1 heterocycles. The molecular weight excluding hydrogens is 303 g/mol. The molecule has 0 radical (unpaired) electrons. The highest BCUT2D eigenvalue weighted by Crippen LogP contribution is 2.24. The van der Waals surface area contributed by atoms with Gasteiger partial charge in [-0.25, -0.2) is 0 Å². The SMILES string of the molecule is CNCC1CCN(Cc2ccc(Cl)cc2Cl)CC1.Cl. The topological polar surface area (TPSA) is 15.3 Å². The number of halogens is 3. The second-order valence-corrected chi connectivity index (χ2v) is 5.86. The van der Waals surface area contributed by atoms with Crippen LogP contribution in [-0.4, -0.2) is 31.6 Å². The predicted octanol–water partition coefficient (Wildman–Crippen LogP) is 3.85. The number of rotatable bonds is 4. The first-order valence-electron chi connectivity index (χ1n) is 6.50. The molecule has 0 spiro atoms. The number of nitrogens with zero attached hydrogens (tertiary/aromatic N) is 1. The van der Waals surface area contributed by atoms with Crippen LogP contribution in [0.15, 0.2) is 18.2 Å². The summed E-state index contributed by atoms with van der Waals surface area (Å²) in [5, 5.41) is 4.75. The summed E-state index contributed by atoms with van der Waals surface area (Å²) in [5.74, 6) is 0.826. The van der Waals surface area contributed by atoms with Gasteiger partial charge in [0.15, 0.2) is 0 Å². The van der Waals surface area contributed by atoms with Crippen LogP contribution in [-0.2, 0) is 6.54 Å². The smallest absolute Gasteiger partial charge is 0.0465 e. The van der Waals surface area contributed by atoms with E-state index in [-0.39, 0.29) is 12.4 Å². The number of piperidine rings is 1. The molecule has 1 aliphatic heterocycles. The third-order valence-corrected chi connectivity index (χ3v) is 4.20. The fraction of sp³-hybridized carbons (Fsp3) is 0.571. The zero-order valence-electron chi connectivity index (χ0n) is 11.2. The van der Waals surface area contributed by atoms with E-state index >= 15 is 0 Å². The number of hydrogen-bond donors (Lipinski definition) is 1. The fourth-order valence-corrected chi connectivity index (χ4v) is 3.00.